The average Bonchev–Trinajstić information content (AvgIpc) is 2.95. The van der Waals surface area contributed by atoms with E-state index in [2.05, 4.69) is 5.32 Å². The zero-order valence-electron chi connectivity index (χ0n) is 12.0. The van der Waals surface area contributed by atoms with Crippen molar-refractivity contribution in [1.29, 1.82) is 0 Å². The lowest BCUT2D eigenvalue weighted by Crippen LogP contribution is -2.41. The molecule has 2 rings (SSSR count). The molecular formula is C15H22FN3O2. The first-order chi connectivity index (χ1) is 10.1. The van der Waals surface area contributed by atoms with Gasteiger partial charge in [-0.05, 0) is 31.0 Å². The largest absolute Gasteiger partial charge is 0.397 e. The minimum atomic E-state index is -0.432. The van der Waals surface area contributed by atoms with Gasteiger partial charge in [0.1, 0.15) is 5.82 Å². The number of nitrogens with two attached hydrogens (primary N) is 1. The Morgan fingerprint density at radius 2 is 2.14 bits per heavy atom. The lowest BCUT2D eigenvalue weighted by molar-refractivity contribution is -0.118. The normalized spacial score (nSPS) is 15.6. The number of aliphatic hydroxyl groups is 1. The SMILES string of the molecule is Nc1cc(F)ccc1NC(=O)CN(CCO)C1CCCC1. The summed E-state index contributed by atoms with van der Waals surface area (Å²) in [7, 11) is 0. The third-order valence-corrected chi connectivity index (χ3v) is 3.86. The molecule has 4 N–H and O–H groups in total. The van der Waals surface area contributed by atoms with Crippen molar-refractivity contribution in [3.05, 3.63) is 24.0 Å². The number of rotatable bonds is 6. The molecule has 0 heterocycles. The quantitative estimate of drug-likeness (QED) is 0.696. The molecule has 21 heavy (non-hydrogen) atoms. The molecule has 1 aliphatic carbocycles. The molecule has 116 valence electrons. The van der Waals surface area contributed by atoms with Crippen molar-refractivity contribution in [2.45, 2.75) is 31.7 Å². The molecule has 1 fully saturated rings. The van der Waals surface area contributed by atoms with E-state index in [0.29, 0.717) is 18.3 Å². The second-order valence-corrected chi connectivity index (χ2v) is 5.41. The van der Waals surface area contributed by atoms with Crippen LogP contribution in [0.1, 0.15) is 25.7 Å². The predicted molar refractivity (Wildman–Crippen MR) is 80.4 cm³/mol. The lowest BCUT2D eigenvalue weighted by Gasteiger charge is -2.27. The van der Waals surface area contributed by atoms with Gasteiger partial charge in [0, 0.05) is 12.6 Å². The van der Waals surface area contributed by atoms with Crippen LogP contribution in [0.4, 0.5) is 15.8 Å². The van der Waals surface area contributed by atoms with Crippen molar-refractivity contribution >= 4 is 17.3 Å². The van der Waals surface area contributed by atoms with Crippen molar-refractivity contribution in [3.63, 3.8) is 0 Å². The highest BCUT2D eigenvalue weighted by Gasteiger charge is 2.24. The van der Waals surface area contributed by atoms with Crippen molar-refractivity contribution in [2.24, 2.45) is 0 Å². The molecule has 1 aromatic carbocycles. The molecule has 0 aromatic heterocycles. The van der Waals surface area contributed by atoms with E-state index in [0.717, 1.165) is 12.8 Å². The highest BCUT2D eigenvalue weighted by atomic mass is 19.1. The summed E-state index contributed by atoms with van der Waals surface area (Å²) in [6, 6.07) is 4.24. The molecule has 0 spiro atoms. The topological polar surface area (TPSA) is 78.6 Å². The first-order valence-corrected chi connectivity index (χ1v) is 7.30. The van der Waals surface area contributed by atoms with Gasteiger partial charge in [-0.3, -0.25) is 9.69 Å². The van der Waals surface area contributed by atoms with Crippen LogP contribution in [0.2, 0.25) is 0 Å². The third kappa shape index (κ3) is 4.41. The van der Waals surface area contributed by atoms with Crippen LogP contribution >= 0.6 is 0 Å². The van der Waals surface area contributed by atoms with Crippen molar-refractivity contribution in [2.75, 3.05) is 30.7 Å². The number of carbonyl (C=O) groups excluding carboxylic acids is 1. The fraction of sp³-hybridized carbons (Fsp3) is 0.533. The summed E-state index contributed by atoms with van der Waals surface area (Å²) >= 11 is 0. The predicted octanol–water partition coefficient (Wildman–Crippen LogP) is 1.58. The maximum atomic E-state index is 13.0. The number of nitrogen functional groups attached to an aromatic ring is 1. The minimum Gasteiger partial charge on any atom is -0.397 e. The van der Waals surface area contributed by atoms with Crippen LogP contribution in [-0.2, 0) is 4.79 Å². The number of halogens is 1. The molecular weight excluding hydrogens is 273 g/mol. The number of hydrogen-bond acceptors (Lipinski definition) is 4. The first-order valence-electron chi connectivity index (χ1n) is 7.30. The molecule has 1 saturated carbocycles. The molecule has 6 heteroatoms. The summed E-state index contributed by atoms with van der Waals surface area (Å²) < 4.78 is 13.0. The minimum absolute atomic E-state index is 0.0302. The monoisotopic (exact) mass is 295 g/mol. The van der Waals surface area contributed by atoms with Crippen LogP contribution in [-0.4, -0.2) is 41.7 Å². The maximum Gasteiger partial charge on any atom is 0.238 e. The van der Waals surface area contributed by atoms with Crippen molar-refractivity contribution in [3.8, 4) is 0 Å². The van der Waals surface area contributed by atoms with E-state index in [9.17, 15) is 9.18 Å². The van der Waals surface area contributed by atoms with Gasteiger partial charge in [0.15, 0.2) is 0 Å². The van der Waals surface area contributed by atoms with Gasteiger partial charge in [0.25, 0.3) is 0 Å². The Labute approximate surface area is 123 Å². The number of benzene rings is 1. The smallest absolute Gasteiger partial charge is 0.238 e. The van der Waals surface area contributed by atoms with Crippen LogP contribution < -0.4 is 11.1 Å². The number of aliphatic hydroxyl groups excluding tert-OH is 1. The highest BCUT2D eigenvalue weighted by molar-refractivity contribution is 5.95. The highest BCUT2D eigenvalue weighted by Crippen LogP contribution is 2.23. The first kappa shape index (κ1) is 15.7. The number of amides is 1. The number of nitrogens with one attached hydrogen (secondary N) is 1. The van der Waals surface area contributed by atoms with E-state index < -0.39 is 5.82 Å². The van der Waals surface area contributed by atoms with Gasteiger partial charge >= 0.3 is 0 Å². The van der Waals surface area contributed by atoms with E-state index in [1.54, 1.807) is 0 Å². The van der Waals surface area contributed by atoms with Gasteiger partial charge in [0.05, 0.1) is 24.5 Å². The standard InChI is InChI=1S/C15H22FN3O2/c16-11-5-6-14(13(17)9-11)18-15(21)10-19(7-8-20)12-3-1-2-4-12/h5-6,9,12,20H,1-4,7-8,10,17H2,(H,18,21). The van der Waals surface area contributed by atoms with E-state index in [1.165, 1.54) is 31.0 Å². The maximum absolute atomic E-state index is 13.0. The summed E-state index contributed by atoms with van der Waals surface area (Å²) in [5.41, 5.74) is 6.29. The number of anilines is 2. The second kappa shape index (κ2) is 7.38. The second-order valence-electron chi connectivity index (χ2n) is 5.41. The summed E-state index contributed by atoms with van der Waals surface area (Å²) in [6.07, 6.45) is 4.45. The summed E-state index contributed by atoms with van der Waals surface area (Å²) in [5.74, 6) is -0.632. The Balaban J connectivity index is 1.95. The number of hydrogen-bond donors (Lipinski definition) is 3. The van der Waals surface area contributed by atoms with Gasteiger partial charge < -0.3 is 16.2 Å². The molecule has 0 radical (unpaired) electrons. The molecule has 0 aliphatic heterocycles. The number of nitrogens with zero attached hydrogens (tertiary/aromatic N) is 1. The van der Waals surface area contributed by atoms with Crippen LogP contribution in [0.5, 0.6) is 0 Å². The molecule has 0 bridgehead atoms. The fourth-order valence-electron chi connectivity index (χ4n) is 2.81. The molecule has 0 saturated heterocycles. The molecule has 0 unspecified atom stereocenters. The summed E-state index contributed by atoms with van der Waals surface area (Å²) in [5, 5.41) is 11.8. The number of carbonyl (C=O) groups is 1. The van der Waals surface area contributed by atoms with Crippen LogP contribution in [0.25, 0.3) is 0 Å². The Bertz CT molecular complexity index is 490. The van der Waals surface area contributed by atoms with E-state index >= 15 is 0 Å². The van der Waals surface area contributed by atoms with Gasteiger partial charge in [0.2, 0.25) is 5.91 Å². The Hall–Kier alpha value is -1.66. The Morgan fingerprint density at radius 1 is 1.43 bits per heavy atom. The van der Waals surface area contributed by atoms with Crippen molar-refractivity contribution in [1.82, 2.24) is 4.90 Å². The molecule has 1 amide bonds. The fourth-order valence-corrected chi connectivity index (χ4v) is 2.81. The van der Waals surface area contributed by atoms with Crippen molar-refractivity contribution < 1.29 is 14.3 Å². The van der Waals surface area contributed by atoms with E-state index in [1.807, 2.05) is 4.90 Å². The Morgan fingerprint density at radius 3 is 2.76 bits per heavy atom. The van der Waals surface area contributed by atoms with Crippen LogP contribution in [0.15, 0.2) is 18.2 Å². The molecule has 1 aliphatic rings. The third-order valence-electron chi connectivity index (χ3n) is 3.86. The zero-order valence-corrected chi connectivity index (χ0v) is 12.0. The van der Waals surface area contributed by atoms with Crippen LogP contribution in [0, 0.1) is 5.82 Å². The van der Waals surface area contributed by atoms with Gasteiger partial charge in [-0.15, -0.1) is 0 Å². The summed E-state index contributed by atoms with van der Waals surface area (Å²) in [6.45, 7) is 0.724. The molecule has 5 nitrogen and oxygen atoms in total. The molecule has 0 atom stereocenters. The summed E-state index contributed by atoms with van der Waals surface area (Å²) in [4.78, 5) is 14.1. The van der Waals surface area contributed by atoms with Gasteiger partial charge in [-0.25, -0.2) is 4.39 Å². The average molecular weight is 295 g/mol. The molecule has 1 aromatic rings. The Kier molecular flexibility index (Phi) is 5.52. The lowest BCUT2D eigenvalue weighted by atomic mass is 10.2. The van der Waals surface area contributed by atoms with E-state index in [-0.39, 0.29) is 24.7 Å². The van der Waals surface area contributed by atoms with Crippen LogP contribution in [0.3, 0.4) is 0 Å². The zero-order chi connectivity index (χ0) is 15.2. The van der Waals surface area contributed by atoms with Gasteiger partial charge in [-0.1, -0.05) is 12.8 Å². The van der Waals surface area contributed by atoms with Gasteiger partial charge in [-0.2, -0.15) is 0 Å². The van der Waals surface area contributed by atoms with E-state index in [4.69, 9.17) is 10.8 Å².